The van der Waals surface area contributed by atoms with Crippen LogP contribution in [0.15, 0.2) is 91.4 Å². The van der Waals surface area contributed by atoms with Gasteiger partial charge in [0, 0.05) is 35.0 Å². The molecule has 7 aromatic rings. The third-order valence-electron chi connectivity index (χ3n) is 8.60. The van der Waals surface area contributed by atoms with E-state index in [-0.39, 0.29) is 21.1 Å². The average molecular weight is 770 g/mol. The summed E-state index contributed by atoms with van der Waals surface area (Å²) in [5.74, 6) is 2.06. The Bertz CT molecular complexity index is 2150. The summed E-state index contributed by atoms with van der Waals surface area (Å²) in [6.07, 6.45) is 7.92. The van der Waals surface area contributed by atoms with E-state index in [0.29, 0.717) is 11.5 Å². The van der Waals surface area contributed by atoms with Gasteiger partial charge in [0.15, 0.2) is 0 Å². The summed E-state index contributed by atoms with van der Waals surface area (Å²) in [6, 6.07) is 31.7. The molecule has 0 N–H and O–H groups in total. The molecule has 3 aromatic heterocycles. The third-order valence-corrected chi connectivity index (χ3v) is 8.60. The molecule has 0 unspecified atom stereocenters. The number of aromatic nitrogens is 4. The molecule has 0 spiro atoms. The quantitative estimate of drug-likeness (QED) is 0.152. The molecule has 0 bridgehead atoms. The van der Waals surface area contributed by atoms with E-state index in [4.69, 9.17) is 9.84 Å². The smallest absolute Gasteiger partial charge is 0.509 e. The molecule has 7 rings (SSSR count). The van der Waals surface area contributed by atoms with Crippen molar-refractivity contribution in [3.63, 3.8) is 0 Å². The fourth-order valence-electron chi connectivity index (χ4n) is 6.34. The number of para-hydroxylation sites is 1. The van der Waals surface area contributed by atoms with Crippen molar-refractivity contribution in [3.8, 4) is 34.1 Å². The zero-order valence-electron chi connectivity index (χ0n) is 26.1. The maximum atomic E-state index is 6.36. The van der Waals surface area contributed by atoms with Gasteiger partial charge in [-0.1, -0.05) is 43.6 Å². The predicted octanol–water partition coefficient (Wildman–Crippen LogP) is 9.47. The maximum Gasteiger partial charge on any atom is 2.00 e. The third kappa shape index (κ3) is 5.51. The molecule has 0 saturated carbocycles. The van der Waals surface area contributed by atoms with Crippen LogP contribution in [0.1, 0.15) is 41.7 Å². The van der Waals surface area contributed by atoms with Crippen molar-refractivity contribution in [2.75, 3.05) is 0 Å². The molecule has 6 heteroatoms. The van der Waals surface area contributed by atoms with Crippen molar-refractivity contribution in [2.24, 2.45) is 0 Å². The Morgan fingerprint density at radius 3 is 2.29 bits per heavy atom. The second kappa shape index (κ2) is 12.5. The molecule has 45 heavy (non-hydrogen) atoms. The molecule has 0 atom stereocenters. The van der Waals surface area contributed by atoms with Gasteiger partial charge >= 0.3 is 21.1 Å². The van der Waals surface area contributed by atoms with Crippen molar-refractivity contribution in [2.45, 2.75) is 47.5 Å². The summed E-state index contributed by atoms with van der Waals surface area (Å²) in [4.78, 5) is 4.68. The first-order valence-electron chi connectivity index (χ1n) is 15.2. The summed E-state index contributed by atoms with van der Waals surface area (Å²) < 4.78 is 10.4. The van der Waals surface area contributed by atoms with Crippen LogP contribution in [-0.4, -0.2) is 19.3 Å². The number of hydrogen-bond acceptors (Lipinski definition) is 3. The second-order valence-electron chi connectivity index (χ2n) is 11.3. The van der Waals surface area contributed by atoms with E-state index in [1.165, 1.54) is 27.8 Å². The molecule has 0 radical (unpaired) electrons. The van der Waals surface area contributed by atoms with E-state index in [2.05, 4.69) is 105 Å². The molecule has 0 saturated heterocycles. The van der Waals surface area contributed by atoms with Crippen LogP contribution in [0.25, 0.3) is 44.4 Å². The van der Waals surface area contributed by atoms with Crippen LogP contribution in [0.2, 0.25) is 0 Å². The number of hydrogen-bond donors (Lipinski definition) is 0. The number of pyridine rings is 1. The van der Waals surface area contributed by atoms with Crippen molar-refractivity contribution in [1.29, 1.82) is 0 Å². The van der Waals surface area contributed by atoms with Crippen LogP contribution in [-0.2, 0) is 33.9 Å². The minimum Gasteiger partial charge on any atom is -0.509 e. The molecule has 5 nitrogen and oxygen atoms in total. The van der Waals surface area contributed by atoms with Gasteiger partial charge in [-0.3, -0.25) is 4.68 Å². The zero-order chi connectivity index (χ0) is 30.4. The number of fused-ring (bicyclic) bond motifs is 3. The summed E-state index contributed by atoms with van der Waals surface area (Å²) in [7, 11) is 0. The van der Waals surface area contributed by atoms with Crippen LogP contribution < -0.4 is 4.74 Å². The van der Waals surface area contributed by atoms with Gasteiger partial charge in [0.25, 0.3) is 0 Å². The van der Waals surface area contributed by atoms with Gasteiger partial charge in [0.05, 0.1) is 6.20 Å². The van der Waals surface area contributed by atoms with Crippen molar-refractivity contribution in [1.82, 2.24) is 19.3 Å². The minimum absolute atomic E-state index is 0. The molecular weight excluding hydrogens is 736 g/mol. The second-order valence-corrected chi connectivity index (χ2v) is 11.3. The van der Waals surface area contributed by atoms with Gasteiger partial charge in [-0.2, -0.15) is 17.2 Å². The average Bonchev–Trinajstić information content (AvgIpc) is 3.65. The first-order chi connectivity index (χ1) is 21.4. The number of ether oxygens (including phenoxy) is 1. The van der Waals surface area contributed by atoms with Gasteiger partial charge < -0.3 is 9.30 Å². The Labute approximate surface area is 278 Å². The predicted molar refractivity (Wildman–Crippen MR) is 178 cm³/mol. The first kappa shape index (κ1) is 30.6. The Kier molecular flexibility index (Phi) is 8.48. The maximum absolute atomic E-state index is 6.36. The van der Waals surface area contributed by atoms with E-state index < -0.39 is 0 Å². The first-order valence-corrected chi connectivity index (χ1v) is 15.2. The van der Waals surface area contributed by atoms with Gasteiger partial charge in [0.1, 0.15) is 5.82 Å². The molecule has 0 aliphatic carbocycles. The van der Waals surface area contributed by atoms with E-state index >= 15 is 0 Å². The van der Waals surface area contributed by atoms with Gasteiger partial charge in [-0.05, 0) is 96.3 Å². The fourth-order valence-corrected chi connectivity index (χ4v) is 6.34. The van der Waals surface area contributed by atoms with Gasteiger partial charge in [-0.15, -0.1) is 35.7 Å². The zero-order valence-corrected chi connectivity index (χ0v) is 28.4. The molecule has 0 aliphatic heterocycles. The van der Waals surface area contributed by atoms with E-state index in [1.807, 2.05) is 47.4 Å². The molecule has 226 valence electrons. The normalized spacial score (nSPS) is 11.2. The number of aryl methyl sites for hydroxylation is 3. The SMILES string of the molecule is CCc1cc(CC)c(C)c(-c2cnn(-c3[c-]c(Oc4[c-]c5c(cc4)c4ccccc4n5-c4cc(C)ccn4)ccc3)c2)c1C.[Pt+2]. The van der Waals surface area contributed by atoms with Crippen LogP contribution in [0.4, 0.5) is 0 Å². The molecule has 0 amide bonds. The van der Waals surface area contributed by atoms with E-state index in [0.717, 1.165) is 57.3 Å². The standard InChI is InChI=1S/C39H34N4O.Pt/c1-6-28-20-29(7-2)27(5)39(26(28)4)30-23-41-42(24-30)31-11-10-12-32(21-31)44-33-15-16-35-34-13-8-9-14-36(34)43(37(35)22-33)38-19-25(3)17-18-40-38;/h8-20,23-24H,6-7H2,1-5H3;/q-2;+2. The Hall–Kier alpha value is -4.47. The van der Waals surface area contributed by atoms with Crippen LogP contribution in [0.3, 0.4) is 0 Å². The Morgan fingerprint density at radius 2 is 1.53 bits per heavy atom. The number of rotatable bonds is 7. The number of nitrogens with zero attached hydrogens (tertiary/aromatic N) is 4. The Morgan fingerprint density at radius 1 is 0.778 bits per heavy atom. The molecular formula is C39H34N4OPt. The van der Waals surface area contributed by atoms with Crippen LogP contribution in [0.5, 0.6) is 11.5 Å². The molecule has 4 aromatic carbocycles. The molecule has 0 fully saturated rings. The van der Waals surface area contributed by atoms with E-state index in [9.17, 15) is 0 Å². The van der Waals surface area contributed by atoms with Crippen molar-refractivity contribution >= 4 is 21.8 Å². The summed E-state index contributed by atoms with van der Waals surface area (Å²) in [5.41, 5.74) is 11.8. The van der Waals surface area contributed by atoms with Crippen LogP contribution >= 0.6 is 0 Å². The van der Waals surface area contributed by atoms with E-state index in [1.54, 1.807) is 0 Å². The Balaban J connectivity index is 0.00000357. The largest absolute Gasteiger partial charge is 2.00 e. The van der Waals surface area contributed by atoms with Crippen LogP contribution in [0, 0.1) is 32.9 Å². The van der Waals surface area contributed by atoms with Gasteiger partial charge in [-0.25, -0.2) is 4.98 Å². The van der Waals surface area contributed by atoms with Crippen molar-refractivity contribution in [3.05, 3.63) is 131 Å². The summed E-state index contributed by atoms with van der Waals surface area (Å²) in [6.45, 7) is 11.0. The monoisotopic (exact) mass is 769 g/mol. The molecule has 0 aliphatic rings. The minimum atomic E-state index is 0. The number of benzene rings is 4. The summed E-state index contributed by atoms with van der Waals surface area (Å²) >= 11 is 0. The summed E-state index contributed by atoms with van der Waals surface area (Å²) in [5, 5.41) is 6.98. The topological polar surface area (TPSA) is 44.9 Å². The molecule has 3 heterocycles. The van der Waals surface area contributed by atoms with Crippen molar-refractivity contribution < 1.29 is 25.8 Å². The van der Waals surface area contributed by atoms with Gasteiger partial charge in [0.2, 0.25) is 0 Å². The fraction of sp³-hybridized carbons (Fsp3) is 0.179.